The van der Waals surface area contributed by atoms with Crippen molar-refractivity contribution in [2.24, 2.45) is 0 Å². The zero-order chi connectivity index (χ0) is 24.0. The second-order valence-corrected chi connectivity index (χ2v) is 7.94. The van der Waals surface area contributed by atoms with Crippen molar-refractivity contribution in [1.29, 1.82) is 5.26 Å². The van der Waals surface area contributed by atoms with Crippen molar-refractivity contribution in [3.05, 3.63) is 53.2 Å². The molecule has 11 heteroatoms. The molecule has 2 N–H and O–H groups in total. The summed E-state index contributed by atoms with van der Waals surface area (Å²) in [7, 11) is 0. The summed E-state index contributed by atoms with van der Waals surface area (Å²) in [5.74, 6) is -1.34. The average molecular weight is 468 g/mol. The highest BCUT2D eigenvalue weighted by Crippen LogP contribution is 2.40. The van der Waals surface area contributed by atoms with Crippen LogP contribution >= 0.6 is 0 Å². The molecule has 34 heavy (non-hydrogen) atoms. The van der Waals surface area contributed by atoms with E-state index in [1.165, 1.54) is 6.07 Å². The van der Waals surface area contributed by atoms with Gasteiger partial charge in [-0.25, -0.2) is 0 Å². The van der Waals surface area contributed by atoms with Crippen LogP contribution in [-0.2, 0) is 11.2 Å². The standard InChI is InChI=1S/C23H15F3N4O4/c24-23(25,26)33-15-6-11(10-27)5-14(7-15)22-29-21(30-34-22)13-2-4-18-17(8-13)16-3-1-12(9-19(31)32)20(16)28-18/h2,4-8,12,28H,1,3,9H2,(H,31,32)/t12-/m1/s1. The minimum Gasteiger partial charge on any atom is -0.481 e. The zero-order valence-electron chi connectivity index (χ0n) is 17.3. The van der Waals surface area contributed by atoms with E-state index in [-0.39, 0.29) is 35.2 Å². The Morgan fingerprint density at radius 3 is 2.82 bits per heavy atom. The van der Waals surface area contributed by atoms with Gasteiger partial charge in [-0.3, -0.25) is 4.79 Å². The Morgan fingerprint density at radius 2 is 2.09 bits per heavy atom. The number of carboxylic acid groups (broad SMARTS) is 1. The molecule has 5 rings (SSSR count). The van der Waals surface area contributed by atoms with Gasteiger partial charge in [0.15, 0.2) is 0 Å². The fourth-order valence-corrected chi connectivity index (χ4v) is 4.34. The molecule has 1 aliphatic carbocycles. The van der Waals surface area contributed by atoms with Crippen LogP contribution in [0.15, 0.2) is 40.9 Å². The van der Waals surface area contributed by atoms with E-state index >= 15 is 0 Å². The minimum absolute atomic E-state index is 0.0582. The summed E-state index contributed by atoms with van der Waals surface area (Å²) in [6, 6.07) is 10.6. The first kappa shape index (κ1) is 21.5. The number of aromatic nitrogens is 3. The first-order valence-corrected chi connectivity index (χ1v) is 10.2. The van der Waals surface area contributed by atoms with Crippen LogP contribution in [0.3, 0.4) is 0 Å². The summed E-state index contributed by atoms with van der Waals surface area (Å²) in [5, 5.41) is 23.2. The summed E-state index contributed by atoms with van der Waals surface area (Å²) in [4.78, 5) is 18.8. The third-order valence-electron chi connectivity index (χ3n) is 5.71. The van der Waals surface area contributed by atoms with Crippen molar-refractivity contribution < 1.29 is 32.3 Å². The van der Waals surface area contributed by atoms with Crippen molar-refractivity contribution in [3.8, 4) is 34.7 Å². The lowest BCUT2D eigenvalue weighted by Crippen LogP contribution is -2.17. The number of hydrogen-bond acceptors (Lipinski definition) is 6. The highest BCUT2D eigenvalue weighted by atomic mass is 19.4. The molecule has 0 fully saturated rings. The largest absolute Gasteiger partial charge is 0.573 e. The number of H-pyrrole nitrogens is 1. The van der Waals surface area contributed by atoms with Gasteiger partial charge in [0.05, 0.1) is 18.1 Å². The first-order valence-electron chi connectivity index (χ1n) is 10.2. The fourth-order valence-electron chi connectivity index (χ4n) is 4.34. The molecule has 0 bridgehead atoms. The quantitative estimate of drug-likeness (QED) is 0.414. The lowest BCUT2D eigenvalue weighted by molar-refractivity contribution is -0.274. The van der Waals surface area contributed by atoms with Crippen molar-refractivity contribution in [2.75, 3.05) is 0 Å². The Morgan fingerprint density at radius 1 is 1.26 bits per heavy atom. The van der Waals surface area contributed by atoms with Crippen LogP contribution in [0.25, 0.3) is 33.7 Å². The summed E-state index contributed by atoms with van der Waals surface area (Å²) < 4.78 is 47.1. The van der Waals surface area contributed by atoms with E-state index in [1.807, 2.05) is 12.1 Å². The molecule has 0 saturated carbocycles. The molecule has 0 amide bonds. The second kappa shape index (κ2) is 7.91. The maximum Gasteiger partial charge on any atom is 0.573 e. The number of nitrogens with zero attached hydrogens (tertiary/aromatic N) is 3. The van der Waals surface area contributed by atoms with Gasteiger partial charge in [0.25, 0.3) is 5.89 Å². The smallest absolute Gasteiger partial charge is 0.481 e. The van der Waals surface area contributed by atoms with Crippen LogP contribution in [0.4, 0.5) is 13.2 Å². The van der Waals surface area contributed by atoms with Gasteiger partial charge >= 0.3 is 12.3 Å². The lowest BCUT2D eigenvalue weighted by Gasteiger charge is -2.09. The van der Waals surface area contributed by atoms with E-state index in [0.29, 0.717) is 5.56 Å². The molecular weight excluding hydrogens is 453 g/mol. The number of nitriles is 1. The third kappa shape index (κ3) is 4.05. The first-order chi connectivity index (χ1) is 16.2. The van der Waals surface area contributed by atoms with Crippen molar-refractivity contribution in [3.63, 3.8) is 0 Å². The van der Waals surface area contributed by atoms with E-state index in [0.717, 1.165) is 47.1 Å². The Bertz CT molecular complexity index is 1470. The average Bonchev–Trinajstić information content (AvgIpc) is 3.48. The molecule has 0 saturated heterocycles. The Kier molecular flexibility index (Phi) is 5.01. The van der Waals surface area contributed by atoms with Gasteiger partial charge in [0.2, 0.25) is 5.82 Å². The van der Waals surface area contributed by atoms with Crippen LogP contribution in [0, 0.1) is 11.3 Å². The van der Waals surface area contributed by atoms with Crippen LogP contribution < -0.4 is 4.74 Å². The van der Waals surface area contributed by atoms with Gasteiger partial charge in [-0.15, -0.1) is 13.2 Å². The number of carboxylic acids is 1. The Balaban J connectivity index is 1.49. The molecule has 0 radical (unpaired) electrons. The van der Waals surface area contributed by atoms with E-state index in [9.17, 15) is 18.0 Å². The maximum absolute atomic E-state index is 12.6. The van der Waals surface area contributed by atoms with Crippen LogP contribution in [0.5, 0.6) is 5.75 Å². The summed E-state index contributed by atoms with van der Waals surface area (Å²) >= 11 is 0. The molecule has 8 nitrogen and oxygen atoms in total. The zero-order valence-corrected chi connectivity index (χ0v) is 17.3. The fraction of sp³-hybridized carbons (Fsp3) is 0.217. The number of nitrogens with one attached hydrogen (secondary N) is 1. The summed E-state index contributed by atoms with van der Waals surface area (Å²) in [5.41, 5.74) is 3.52. The highest BCUT2D eigenvalue weighted by molar-refractivity contribution is 5.89. The molecule has 1 atom stereocenters. The minimum atomic E-state index is -4.92. The number of aliphatic carboxylic acids is 1. The second-order valence-electron chi connectivity index (χ2n) is 7.94. The molecule has 172 valence electrons. The van der Waals surface area contributed by atoms with Crippen molar-refractivity contribution in [1.82, 2.24) is 15.1 Å². The third-order valence-corrected chi connectivity index (χ3v) is 5.71. The van der Waals surface area contributed by atoms with Crippen LogP contribution in [0.2, 0.25) is 0 Å². The molecule has 0 spiro atoms. The molecule has 2 aromatic heterocycles. The van der Waals surface area contributed by atoms with Crippen LogP contribution in [-0.4, -0.2) is 32.6 Å². The number of carbonyl (C=O) groups is 1. The van der Waals surface area contributed by atoms with E-state index in [1.54, 1.807) is 12.1 Å². The van der Waals surface area contributed by atoms with Crippen molar-refractivity contribution in [2.45, 2.75) is 31.5 Å². The molecule has 4 aromatic rings. The van der Waals surface area contributed by atoms with E-state index in [4.69, 9.17) is 14.9 Å². The van der Waals surface area contributed by atoms with Gasteiger partial charge in [-0.1, -0.05) is 5.16 Å². The van der Waals surface area contributed by atoms with Gasteiger partial charge in [0.1, 0.15) is 5.75 Å². The van der Waals surface area contributed by atoms with Gasteiger partial charge in [-0.2, -0.15) is 10.2 Å². The normalized spacial score (nSPS) is 15.3. The van der Waals surface area contributed by atoms with Gasteiger partial charge in [-0.05, 0) is 54.8 Å². The lowest BCUT2D eigenvalue weighted by atomic mass is 10.0. The van der Waals surface area contributed by atoms with Gasteiger partial charge < -0.3 is 19.4 Å². The molecule has 2 aromatic carbocycles. The topological polar surface area (TPSA) is 125 Å². The van der Waals surface area contributed by atoms with E-state index < -0.39 is 18.1 Å². The number of fused-ring (bicyclic) bond motifs is 3. The van der Waals surface area contributed by atoms with Crippen LogP contribution in [0.1, 0.15) is 35.6 Å². The number of alkyl halides is 3. The molecule has 0 aliphatic heterocycles. The molecular formula is C23H15F3N4O4. The number of benzene rings is 2. The van der Waals surface area contributed by atoms with Gasteiger partial charge in [0, 0.05) is 33.6 Å². The molecule has 1 aliphatic rings. The molecule has 0 unspecified atom stereocenters. The Hall–Kier alpha value is -4.33. The number of aryl methyl sites for hydroxylation is 1. The summed E-state index contributed by atoms with van der Waals surface area (Å²) in [6.45, 7) is 0. The SMILES string of the molecule is N#Cc1cc(OC(F)(F)F)cc(-c2nc(-c3ccc4[nH]c5c(c4c3)CC[C@@H]5CC(=O)O)no2)c1. The number of halogens is 3. The Labute approximate surface area is 189 Å². The monoisotopic (exact) mass is 468 g/mol. The maximum atomic E-state index is 12.6. The predicted octanol–water partition coefficient (Wildman–Crippen LogP) is 5.16. The molecule has 2 heterocycles. The highest BCUT2D eigenvalue weighted by Gasteiger charge is 2.32. The predicted molar refractivity (Wildman–Crippen MR) is 112 cm³/mol. The number of aromatic amines is 1. The summed E-state index contributed by atoms with van der Waals surface area (Å²) in [6.07, 6.45) is -3.36. The number of rotatable bonds is 5. The number of hydrogen-bond donors (Lipinski definition) is 2. The van der Waals surface area contributed by atoms with E-state index in [2.05, 4.69) is 19.9 Å². The van der Waals surface area contributed by atoms with Crippen molar-refractivity contribution >= 4 is 16.9 Å². The number of ether oxygens (including phenoxy) is 1.